The molecule has 9 nitrogen and oxygen atoms in total. The Morgan fingerprint density at radius 1 is 1.04 bits per heavy atom. The third kappa shape index (κ3) is 5.90. The van der Waals surface area contributed by atoms with Gasteiger partial charge in [-0.15, -0.1) is 21.5 Å². The molecule has 228 valence electrons. The number of aryl methyl sites for hydroxylation is 1. The molecule has 0 radical (unpaired) electrons. The van der Waals surface area contributed by atoms with Gasteiger partial charge in [-0.25, -0.2) is 18.4 Å². The molecule has 6 aromatic rings. The van der Waals surface area contributed by atoms with Crippen LogP contribution in [0.5, 0.6) is 0 Å². The van der Waals surface area contributed by atoms with E-state index in [1.54, 1.807) is 47.7 Å². The van der Waals surface area contributed by atoms with Crippen LogP contribution in [0.2, 0.25) is 5.02 Å². The Hall–Kier alpha value is -3.97. The van der Waals surface area contributed by atoms with E-state index in [1.165, 1.54) is 28.3 Å². The first kappa shape index (κ1) is 29.7. The molecule has 1 unspecified atom stereocenters. The van der Waals surface area contributed by atoms with Crippen molar-refractivity contribution in [2.24, 2.45) is 5.92 Å². The number of rotatable bonds is 8. The summed E-state index contributed by atoms with van der Waals surface area (Å²) in [5.41, 5.74) is 9.51. The molecule has 0 saturated heterocycles. The van der Waals surface area contributed by atoms with Crippen molar-refractivity contribution in [3.05, 3.63) is 100 Å². The number of anilines is 2. The van der Waals surface area contributed by atoms with Crippen molar-refractivity contribution in [1.82, 2.24) is 24.7 Å². The highest BCUT2D eigenvalue weighted by molar-refractivity contribution is 7.98. The summed E-state index contributed by atoms with van der Waals surface area (Å²) in [7, 11) is -3.93. The van der Waals surface area contributed by atoms with Crippen LogP contribution in [0, 0.1) is 5.92 Å². The molecule has 0 amide bonds. The number of thiophene rings is 1. The smallest absolute Gasteiger partial charge is 0.261 e. The van der Waals surface area contributed by atoms with Gasteiger partial charge < -0.3 is 5.73 Å². The quantitative estimate of drug-likeness (QED) is 0.160. The minimum absolute atomic E-state index is 0.0713. The van der Waals surface area contributed by atoms with Crippen LogP contribution in [0.15, 0.2) is 88.9 Å². The van der Waals surface area contributed by atoms with E-state index in [4.69, 9.17) is 22.3 Å². The van der Waals surface area contributed by atoms with Crippen LogP contribution < -0.4 is 10.5 Å². The fraction of sp³-hybridized carbons (Fsp3) is 0.188. The zero-order valence-electron chi connectivity index (χ0n) is 24.1. The van der Waals surface area contributed by atoms with Gasteiger partial charge in [0.2, 0.25) is 0 Å². The summed E-state index contributed by atoms with van der Waals surface area (Å²) in [5.74, 6) is 2.73. The van der Waals surface area contributed by atoms with Crippen LogP contribution in [-0.2, 0) is 28.6 Å². The van der Waals surface area contributed by atoms with E-state index >= 15 is 0 Å². The molecule has 0 spiro atoms. The summed E-state index contributed by atoms with van der Waals surface area (Å²) in [5, 5.41) is 10.9. The Morgan fingerprint density at radius 2 is 1.84 bits per heavy atom. The van der Waals surface area contributed by atoms with Crippen LogP contribution in [0.1, 0.15) is 29.6 Å². The molecule has 3 aromatic carbocycles. The molecule has 45 heavy (non-hydrogen) atoms. The second-order valence-electron chi connectivity index (χ2n) is 10.9. The van der Waals surface area contributed by atoms with Crippen molar-refractivity contribution in [2.75, 3.05) is 10.5 Å². The van der Waals surface area contributed by atoms with Crippen molar-refractivity contribution in [3.8, 4) is 17.1 Å². The maximum Gasteiger partial charge on any atom is 0.261 e. The molecule has 3 heterocycles. The van der Waals surface area contributed by atoms with Crippen molar-refractivity contribution in [3.63, 3.8) is 0 Å². The van der Waals surface area contributed by atoms with Gasteiger partial charge in [0, 0.05) is 16.1 Å². The first-order valence-corrected chi connectivity index (χ1v) is 18.0. The maximum absolute atomic E-state index is 13.3. The van der Waals surface area contributed by atoms with Gasteiger partial charge in [-0.1, -0.05) is 72.8 Å². The topological polar surface area (TPSA) is 129 Å². The van der Waals surface area contributed by atoms with E-state index in [2.05, 4.69) is 26.8 Å². The molecular formula is C32H28ClN7O2S3. The first-order chi connectivity index (χ1) is 21.8. The van der Waals surface area contributed by atoms with Crippen LogP contribution in [0.3, 0.4) is 0 Å². The SMILES string of the molecule is CC1CCc2c(sc3nc(CSc4nnc(-c5cccc(S(=O)(=O)Nc6ccccc6Cl)c5)n4-c4ccccc4)nc(N)c23)C1. The van der Waals surface area contributed by atoms with Crippen LogP contribution in [0.25, 0.3) is 27.3 Å². The van der Waals surface area contributed by atoms with E-state index in [0.717, 1.165) is 35.2 Å². The molecule has 1 atom stereocenters. The third-order valence-electron chi connectivity index (χ3n) is 7.73. The minimum Gasteiger partial charge on any atom is -0.383 e. The monoisotopic (exact) mass is 673 g/mol. The average molecular weight is 674 g/mol. The van der Waals surface area contributed by atoms with E-state index < -0.39 is 10.0 Å². The van der Waals surface area contributed by atoms with Gasteiger partial charge in [-0.05, 0) is 67.1 Å². The number of nitrogens with one attached hydrogen (secondary N) is 1. The fourth-order valence-electron chi connectivity index (χ4n) is 5.52. The Labute approximate surface area is 274 Å². The Morgan fingerprint density at radius 3 is 2.67 bits per heavy atom. The number of para-hydroxylation sites is 2. The fourth-order valence-corrected chi connectivity index (χ4v) is 9.10. The highest BCUT2D eigenvalue weighted by Gasteiger charge is 2.24. The molecule has 0 fully saturated rings. The lowest BCUT2D eigenvalue weighted by atomic mass is 9.89. The number of hydrogen-bond donors (Lipinski definition) is 2. The molecule has 1 aliphatic carbocycles. The van der Waals surface area contributed by atoms with Gasteiger partial charge in [0.1, 0.15) is 16.5 Å². The number of thioether (sulfide) groups is 1. The van der Waals surface area contributed by atoms with E-state index in [1.807, 2.05) is 41.0 Å². The Kier molecular flexibility index (Phi) is 7.98. The van der Waals surface area contributed by atoms with Crippen LogP contribution >= 0.6 is 34.7 Å². The number of nitrogens with zero attached hydrogens (tertiary/aromatic N) is 5. The number of hydrogen-bond acceptors (Lipinski definition) is 9. The highest BCUT2D eigenvalue weighted by Crippen LogP contribution is 2.40. The molecule has 3 N–H and O–H groups in total. The summed E-state index contributed by atoms with van der Waals surface area (Å²) in [6.07, 6.45) is 3.22. The van der Waals surface area contributed by atoms with Crippen LogP contribution in [0.4, 0.5) is 11.5 Å². The molecule has 3 aromatic heterocycles. The number of sulfonamides is 1. The molecule has 1 aliphatic rings. The number of nitrogens with two attached hydrogens (primary N) is 1. The van der Waals surface area contributed by atoms with Crippen molar-refractivity contribution in [1.29, 1.82) is 0 Å². The summed E-state index contributed by atoms with van der Waals surface area (Å²) >= 11 is 9.38. The number of benzene rings is 3. The molecule has 0 aliphatic heterocycles. The number of halogens is 1. The standard InChI is InChI=1S/C32H28ClN7O2S3/c1-19-14-15-23-26(16-19)44-31-28(23)29(34)35-27(36-31)18-43-32-38-37-30(40(32)21-9-3-2-4-10-21)20-8-7-11-22(17-20)45(41,42)39-25-13-6-5-12-24(25)33/h2-13,17,19,39H,14-16,18H2,1H3,(H2,34,35,36). The van der Waals surface area contributed by atoms with E-state index in [-0.39, 0.29) is 4.90 Å². The van der Waals surface area contributed by atoms with E-state index in [0.29, 0.717) is 50.6 Å². The summed E-state index contributed by atoms with van der Waals surface area (Å²) in [4.78, 5) is 11.9. The number of nitrogen functional groups attached to an aromatic ring is 1. The lowest BCUT2D eigenvalue weighted by Gasteiger charge is -2.17. The molecule has 0 bridgehead atoms. The van der Waals surface area contributed by atoms with Gasteiger partial charge in [0.25, 0.3) is 10.0 Å². The lowest BCUT2D eigenvalue weighted by molar-refractivity contribution is 0.509. The zero-order valence-corrected chi connectivity index (χ0v) is 27.3. The Balaban J connectivity index is 1.21. The van der Waals surface area contributed by atoms with Gasteiger partial charge in [0.05, 0.1) is 26.7 Å². The predicted octanol–water partition coefficient (Wildman–Crippen LogP) is 7.39. The number of aromatic nitrogens is 5. The van der Waals surface area contributed by atoms with Gasteiger partial charge in [-0.2, -0.15) is 0 Å². The van der Waals surface area contributed by atoms with Crippen molar-refractivity contribution >= 4 is 66.4 Å². The lowest BCUT2D eigenvalue weighted by Crippen LogP contribution is -2.13. The normalized spacial score (nSPS) is 14.8. The van der Waals surface area contributed by atoms with Gasteiger partial charge >= 0.3 is 0 Å². The summed E-state index contributed by atoms with van der Waals surface area (Å²) in [6, 6.07) is 23.0. The minimum atomic E-state index is -3.93. The van der Waals surface area contributed by atoms with Crippen molar-refractivity contribution in [2.45, 2.75) is 42.0 Å². The van der Waals surface area contributed by atoms with Gasteiger partial charge in [-0.3, -0.25) is 9.29 Å². The number of fused-ring (bicyclic) bond motifs is 3. The van der Waals surface area contributed by atoms with Crippen LogP contribution in [-0.4, -0.2) is 33.2 Å². The Bertz CT molecular complexity index is 2150. The highest BCUT2D eigenvalue weighted by atomic mass is 35.5. The first-order valence-electron chi connectivity index (χ1n) is 14.3. The summed E-state index contributed by atoms with van der Waals surface area (Å²) in [6.45, 7) is 2.29. The van der Waals surface area contributed by atoms with Crippen molar-refractivity contribution < 1.29 is 8.42 Å². The third-order valence-corrected chi connectivity index (χ3v) is 11.5. The average Bonchev–Trinajstić information content (AvgIpc) is 3.63. The molecular weight excluding hydrogens is 646 g/mol. The summed E-state index contributed by atoms with van der Waals surface area (Å²) < 4.78 is 31.1. The second kappa shape index (κ2) is 12.1. The second-order valence-corrected chi connectivity index (χ2v) is 15.1. The van der Waals surface area contributed by atoms with E-state index in [9.17, 15) is 8.42 Å². The largest absolute Gasteiger partial charge is 0.383 e. The maximum atomic E-state index is 13.3. The predicted molar refractivity (Wildman–Crippen MR) is 182 cm³/mol. The molecule has 7 rings (SSSR count). The zero-order chi connectivity index (χ0) is 31.1. The molecule has 0 saturated carbocycles. The molecule has 13 heteroatoms. The van der Waals surface area contributed by atoms with Gasteiger partial charge in [0.15, 0.2) is 11.0 Å².